The summed E-state index contributed by atoms with van der Waals surface area (Å²) in [5, 5.41) is 23.1. The van der Waals surface area contributed by atoms with Crippen LogP contribution in [0.5, 0.6) is 0 Å². The van der Waals surface area contributed by atoms with Crippen LogP contribution in [0.25, 0.3) is 0 Å². The molecule has 0 aromatic heterocycles. The van der Waals surface area contributed by atoms with Gasteiger partial charge in [-0.1, -0.05) is 275 Å². The third-order valence-electron chi connectivity index (χ3n) is 12.6. The van der Waals surface area contributed by atoms with E-state index in [1.165, 1.54) is 244 Å². The monoisotopic (exact) mass is 842 g/mol. The normalized spacial score (nSPS) is 13.1. The summed E-state index contributed by atoms with van der Waals surface area (Å²) in [6.45, 7) is 4.32. The van der Waals surface area contributed by atoms with Crippen molar-refractivity contribution in [1.29, 1.82) is 0 Å². The molecule has 0 aliphatic carbocycles. The summed E-state index contributed by atoms with van der Waals surface area (Å²) >= 11 is 0. The van der Waals surface area contributed by atoms with Crippen molar-refractivity contribution in [2.45, 2.75) is 309 Å². The molecule has 4 nitrogen and oxygen atoms in total. The molecule has 0 heterocycles. The van der Waals surface area contributed by atoms with E-state index in [0.717, 1.165) is 32.1 Å². The Balaban J connectivity index is 3.43. The first-order chi connectivity index (χ1) is 29.7. The highest BCUT2D eigenvalue weighted by Gasteiger charge is 2.18. The molecule has 2 unspecified atom stereocenters. The van der Waals surface area contributed by atoms with Gasteiger partial charge < -0.3 is 15.5 Å². The minimum absolute atomic E-state index is 0.0613. The number of carbonyl (C=O) groups excluding carboxylic acids is 1. The number of hydrogen-bond acceptors (Lipinski definition) is 3. The molecule has 0 saturated carbocycles. The zero-order chi connectivity index (χ0) is 43.5. The fraction of sp³-hybridized carbons (Fsp3) is 0.875. The first-order valence-electron chi connectivity index (χ1n) is 27.2. The maximum Gasteiger partial charge on any atom is 0.220 e. The third kappa shape index (κ3) is 47.7. The number of nitrogens with one attached hydrogen (secondary N) is 1. The zero-order valence-corrected chi connectivity index (χ0v) is 40.7. The van der Waals surface area contributed by atoms with E-state index in [4.69, 9.17) is 0 Å². The first kappa shape index (κ1) is 58.6. The average molecular weight is 842 g/mol. The van der Waals surface area contributed by atoms with Gasteiger partial charge in [-0.05, 0) is 51.4 Å². The van der Waals surface area contributed by atoms with Gasteiger partial charge in [-0.25, -0.2) is 0 Å². The number of aliphatic hydroxyl groups is 2. The van der Waals surface area contributed by atoms with E-state index in [2.05, 4.69) is 43.5 Å². The Morgan fingerprint density at radius 3 is 1.00 bits per heavy atom. The largest absolute Gasteiger partial charge is 0.394 e. The number of aliphatic hydroxyl groups excluding tert-OH is 2. The van der Waals surface area contributed by atoms with Crippen LogP contribution in [-0.2, 0) is 4.79 Å². The Morgan fingerprint density at radius 2 is 0.683 bits per heavy atom. The van der Waals surface area contributed by atoms with Gasteiger partial charge in [0.25, 0.3) is 0 Å². The summed E-state index contributed by atoms with van der Waals surface area (Å²) in [4.78, 5) is 12.4. The van der Waals surface area contributed by atoms with Crippen LogP contribution in [0.4, 0.5) is 0 Å². The molecule has 0 radical (unpaired) electrons. The Kier molecular flexibility index (Phi) is 50.8. The molecule has 0 bridgehead atoms. The molecule has 354 valence electrons. The van der Waals surface area contributed by atoms with Crippen LogP contribution >= 0.6 is 0 Å². The van der Waals surface area contributed by atoms with Gasteiger partial charge >= 0.3 is 0 Å². The molecule has 2 atom stereocenters. The lowest BCUT2D eigenvalue weighted by atomic mass is 10.0. The lowest BCUT2D eigenvalue weighted by Crippen LogP contribution is -2.45. The van der Waals surface area contributed by atoms with E-state index < -0.39 is 12.1 Å². The Hall–Kier alpha value is -1.39. The lowest BCUT2D eigenvalue weighted by Gasteiger charge is -2.20. The summed E-state index contributed by atoms with van der Waals surface area (Å²) in [5.41, 5.74) is 0. The molecule has 0 aliphatic heterocycles. The number of rotatable bonds is 50. The van der Waals surface area contributed by atoms with Crippen LogP contribution in [0.3, 0.4) is 0 Å². The van der Waals surface area contributed by atoms with Gasteiger partial charge in [0.2, 0.25) is 5.91 Å². The summed E-state index contributed by atoms with van der Waals surface area (Å²) < 4.78 is 0. The molecule has 1 amide bonds. The van der Waals surface area contributed by atoms with E-state index in [1.54, 1.807) is 6.08 Å². The highest BCUT2D eigenvalue weighted by atomic mass is 16.3. The van der Waals surface area contributed by atoms with Crippen molar-refractivity contribution in [3.63, 3.8) is 0 Å². The van der Waals surface area contributed by atoms with Crippen LogP contribution < -0.4 is 5.32 Å². The predicted octanol–water partition coefficient (Wildman–Crippen LogP) is 17.7. The van der Waals surface area contributed by atoms with E-state index in [9.17, 15) is 15.0 Å². The number of hydrogen-bond donors (Lipinski definition) is 3. The molecule has 0 saturated heterocycles. The molecular weight excluding hydrogens is 735 g/mol. The smallest absolute Gasteiger partial charge is 0.220 e. The van der Waals surface area contributed by atoms with Crippen molar-refractivity contribution in [2.75, 3.05) is 6.61 Å². The van der Waals surface area contributed by atoms with Crippen LogP contribution in [0.15, 0.2) is 36.5 Å². The molecule has 4 heteroatoms. The summed E-state index contributed by atoms with van der Waals surface area (Å²) in [5.74, 6) is -0.0613. The van der Waals surface area contributed by atoms with Gasteiger partial charge in [-0.15, -0.1) is 0 Å². The van der Waals surface area contributed by atoms with Gasteiger partial charge in [-0.3, -0.25) is 4.79 Å². The standard InChI is InChI=1S/C56H107NO3/c1-3-5-7-9-11-13-15-17-18-19-20-21-22-23-24-25-26-27-28-29-30-31-32-33-34-35-36-37-38-40-42-44-46-48-50-52-56(60)57-54(53-58)55(59)51-49-47-45-43-41-39-16-14-12-10-8-6-4-2/h22-23,25-26,49,51,54-55,58-59H,3-21,24,27-48,50,52-53H2,1-2H3,(H,57,60)/b23-22-,26-25-,51-49+. The first-order valence-corrected chi connectivity index (χ1v) is 27.2. The van der Waals surface area contributed by atoms with Gasteiger partial charge in [0.15, 0.2) is 0 Å². The van der Waals surface area contributed by atoms with Crippen LogP contribution in [-0.4, -0.2) is 34.9 Å². The van der Waals surface area contributed by atoms with Crippen molar-refractivity contribution in [1.82, 2.24) is 5.32 Å². The van der Waals surface area contributed by atoms with Gasteiger partial charge in [0, 0.05) is 6.42 Å². The number of allylic oxidation sites excluding steroid dienone is 5. The second kappa shape index (κ2) is 52.0. The Bertz CT molecular complexity index is 912. The lowest BCUT2D eigenvalue weighted by molar-refractivity contribution is -0.123. The maximum atomic E-state index is 12.4. The van der Waals surface area contributed by atoms with Crippen molar-refractivity contribution in [3.05, 3.63) is 36.5 Å². The highest BCUT2D eigenvalue weighted by Crippen LogP contribution is 2.17. The number of amides is 1. The molecule has 3 N–H and O–H groups in total. The van der Waals surface area contributed by atoms with Crippen LogP contribution in [0.2, 0.25) is 0 Å². The molecule has 0 rings (SSSR count). The Labute approximate surface area is 376 Å². The maximum absolute atomic E-state index is 12.4. The summed E-state index contributed by atoms with van der Waals surface area (Å²) in [6.07, 6.45) is 70.2. The Morgan fingerprint density at radius 1 is 0.400 bits per heavy atom. The molecule has 0 aromatic carbocycles. The van der Waals surface area contributed by atoms with Crippen molar-refractivity contribution in [2.24, 2.45) is 0 Å². The average Bonchev–Trinajstić information content (AvgIpc) is 3.25. The third-order valence-corrected chi connectivity index (χ3v) is 12.6. The van der Waals surface area contributed by atoms with Crippen LogP contribution in [0.1, 0.15) is 296 Å². The topological polar surface area (TPSA) is 69.6 Å². The van der Waals surface area contributed by atoms with Gasteiger partial charge in [-0.2, -0.15) is 0 Å². The highest BCUT2D eigenvalue weighted by molar-refractivity contribution is 5.76. The quantitative estimate of drug-likeness (QED) is 0.0422. The zero-order valence-electron chi connectivity index (χ0n) is 40.7. The fourth-order valence-electron chi connectivity index (χ4n) is 8.45. The van der Waals surface area contributed by atoms with Gasteiger partial charge in [0.05, 0.1) is 18.8 Å². The van der Waals surface area contributed by atoms with E-state index >= 15 is 0 Å². The van der Waals surface area contributed by atoms with E-state index in [-0.39, 0.29) is 12.5 Å². The summed E-state index contributed by atoms with van der Waals surface area (Å²) in [6, 6.07) is -0.620. The van der Waals surface area contributed by atoms with Crippen molar-refractivity contribution >= 4 is 5.91 Å². The molecule has 0 fully saturated rings. The molecule has 60 heavy (non-hydrogen) atoms. The number of carbonyl (C=O) groups is 1. The minimum Gasteiger partial charge on any atom is -0.394 e. The molecule has 0 aromatic rings. The van der Waals surface area contributed by atoms with E-state index in [1.807, 2.05) is 6.08 Å². The fourth-order valence-corrected chi connectivity index (χ4v) is 8.45. The van der Waals surface area contributed by atoms with Gasteiger partial charge in [0.1, 0.15) is 0 Å². The number of unbranched alkanes of at least 4 members (excludes halogenated alkanes) is 39. The second-order valence-electron chi connectivity index (χ2n) is 18.7. The van der Waals surface area contributed by atoms with Crippen molar-refractivity contribution < 1.29 is 15.0 Å². The van der Waals surface area contributed by atoms with Crippen LogP contribution in [0, 0.1) is 0 Å². The second-order valence-corrected chi connectivity index (χ2v) is 18.7. The van der Waals surface area contributed by atoms with E-state index in [0.29, 0.717) is 6.42 Å². The molecular formula is C56H107NO3. The molecule has 0 aliphatic rings. The molecule has 0 spiro atoms. The summed E-state index contributed by atoms with van der Waals surface area (Å²) in [7, 11) is 0. The van der Waals surface area contributed by atoms with Crippen molar-refractivity contribution in [3.8, 4) is 0 Å². The minimum atomic E-state index is -0.837. The SMILES string of the molecule is CCCCCCCCCCCCC/C=C\C/C=C\CCCCCCCCCCCCCCCCCCCC(=O)NC(CO)C(O)/C=C/CCCCCCCCCCCCC. The predicted molar refractivity (Wildman–Crippen MR) is 267 cm³/mol.